The number of hydrogen-bond donors (Lipinski definition) is 1. The minimum Gasteiger partial charge on any atom is -0.478 e. The molecule has 1 aromatic carbocycles. The zero-order chi connectivity index (χ0) is 18.0. The Morgan fingerprint density at radius 2 is 2.08 bits per heavy atom. The van der Waals surface area contributed by atoms with E-state index in [1.54, 1.807) is 12.1 Å². The molecule has 6 heteroatoms. The number of nitrogens with zero attached hydrogens (tertiary/aromatic N) is 2. The van der Waals surface area contributed by atoms with Gasteiger partial charge in [0, 0.05) is 31.7 Å². The summed E-state index contributed by atoms with van der Waals surface area (Å²) >= 11 is 0. The van der Waals surface area contributed by atoms with Crippen LogP contribution in [-0.4, -0.2) is 72.7 Å². The van der Waals surface area contributed by atoms with Gasteiger partial charge in [-0.25, -0.2) is 4.79 Å². The maximum atomic E-state index is 13.1. The monoisotopic (exact) mass is 346 g/mol. The first-order chi connectivity index (χ1) is 11.9. The van der Waals surface area contributed by atoms with E-state index < -0.39 is 5.97 Å². The van der Waals surface area contributed by atoms with Gasteiger partial charge < -0.3 is 19.6 Å². The lowest BCUT2D eigenvalue weighted by atomic mass is 10.0. The number of amides is 1. The molecule has 0 aromatic heterocycles. The van der Waals surface area contributed by atoms with Crippen molar-refractivity contribution in [3.63, 3.8) is 0 Å². The van der Waals surface area contributed by atoms with E-state index in [4.69, 9.17) is 4.74 Å². The van der Waals surface area contributed by atoms with Gasteiger partial charge in [-0.05, 0) is 50.4 Å². The highest BCUT2D eigenvalue weighted by molar-refractivity contribution is 5.98. The fraction of sp³-hybridized carbons (Fsp3) is 0.579. The number of aryl methyl sites for hydroxylation is 1. The van der Waals surface area contributed by atoms with Crippen LogP contribution in [0.2, 0.25) is 0 Å². The largest absolute Gasteiger partial charge is 0.478 e. The Labute approximate surface area is 148 Å². The first-order valence-electron chi connectivity index (χ1n) is 8.87. The molecule has 1 N–H and O–H groups in total. The SMILES string of the molecule is Cc1ccc(C(=O)O)cc1C(=O)N(CC1CC1)CC1CN(C)CCO1. The third-order valence-corrected chi connectivity index (χ3v) is 4.94. The maximum Gasteiger partial charge on any atom is 0.335 e. The van der Waals surface area contributed by atoms with Crippen molar-refractivity contribution in [1.29, 1.82) is 0 Å². The fourth-order valence-electron chi connectivity index (χ4n) is 3.23. The standard InChI is InChI=1S/C19H26N2O4/c1-13-3-6-15(19(23)24)9-17(13)18(22)21(10-14-4-5-14)12-16-11-20(2)7-8-25-16/h3,6,9,14,16H,4-5,7-8,10-12H2,1-2H3,(H,23,24). The first kappa shape index (κ1) is 17.9. The summed E-state index contributed by atoms with van der Waals surface area (Å²) in [5.41, 5.74) is 1.43. The number of morpholine rings is 1. The molecule has 6 nitrogen and oxygen atoms in total. The van der Waals surface area contributed by atoms with Crippen LogP contribution in [0.1, 0.15) is 39.1 Å². The van der Waals surface area contributed by atoms with Gasteiger partial charge >= 0.3 is 5.97 Å². The van der Waals surface area contributed by atoms with Crippen LogP contribution >= 0.6 is 0 Å². The molecule has 1 saturated heterocycles. The molecule has 0 radical (unpaired) electrons. The molecular weight excluding hydrogens is 320 g/mol. The molecule has 1 aromatic rings. The molecule has 1 aliphatic heterocycles. The second kappa shape index (κ2) is 7.54. The van der Waals surface area contributed by atoms with Crippen LogP contribution in [-0.2, 0) is 4.74 Å². The highest BCUT2D eigenvalue weighted by atomic mass is 16.5. The Balaban J connectivity index is 1.79. The number of likely N-dealkylation sites (N-methyl/N-ethyl adjacent to an activating group) is 1. The molecule has 1 aliphatic carbocycles. The van der Waals surface area contributed by atoms with E-state index in [1.165, 1.54) is 6.07 Å². The summed E-state index contributed by atoms with van der Waals surface area (Å²) in [6.45, 7) is 5.52. The fourth-order valence-corrected chi connectivity index (χ4v) is 3.23. The Morgan fingerprint density at radius 1 is 1.32 bits per heavy atom. The van der Waals surface area contributed by atoms with Crippen LogP contribution in [0.25, 0.3) is 0 Å². The predicted molar refractivity (Wildman–Crippen MR) is 94.0 cm³/mol. The third-order valence-electron chi connectivity index (χ3n) is 4.94. The molecule has 2 aliphatic rings. The van der Waals surface area contributed by atoms with E-state index in [1.807, 2.05) is 11.8 Å². The summed E-state index contributed by atoms with van der Waals surface area (Å²) in [5.74, 6) is -0.544. The summed E-state index contributed by atoms with van der Waals surface area (Å²) in [6, 6.07) is 4.74. The maximum absolute atomic E-state index is 13.1. The van der Waals surface area contributed by atoms with Crippen LogP contribution in [0.5, 0.6) is 0 Å². The average Bonchev–Trinajstić information content (AvgIpc) is 3.38. The molecule has 0 spiro atoms. The van der Waals surface area contributed by atoms with Gasteiger partial charge in [0.05, 0.1) is 18.3 Å². The van der Waals surface area contributed by atoms with Crippen molar-refractivity contribution in [2.75, 3.05) is 39.8 Å². The number of carboxylic acids is 1. The Bertz CT molecular complexity index is 657. The Morgan fingerprint density at radius 3 is 2.72 bits per heavy atom. The molecule has 1 heterocycles. The van der Waals surface area contributed by atoms with Gasteiger partial charge in [-0.15, -0.1) is 0 Å². The summed E-state index contributed by atoms with van der Waals surface area (Å²) in [4.78, 5) is 28.4. The molecule has 0 bridgehead atoms. The van der Waals surface area contributed by atoms with Gasteiger partial charge in [-0.1, -0.05) is 6.07 Å². The van der Waals surface area contributed by atoms with Gasteiger partial charge in [0.2, 0.25) is 0 Å². The minimum absolute atomic E-state index is 0.00409. The summed E-state index contributed by atoms with van der Waals surface area (Å²) in [5, 5.41) is 9.22. The first-order valence-corrected chi connectivity index (χ1v) is 8.87. The van der Waals surface area contributed by atoms with Gasteiger partial charge in [-0.2, -0.15) is 0 Å². The van der Waals surface area contributed by atoms with E-state index in [9.17, 15) is 14.7 Å². The number of carboxylic acid groups (broad SMARTS) is 1. The smallest absolute Gasteiger partial charge is 0.335 e. The number of rotatable bonds is 6. The van der Waals surface area contributed by atoms with E-state index in [0.717, 1.165) is 38.0 Å². The van der Waals surface area contributed by atoms with Crippen molar-refractivity contribution >= 4 is 11.9 Å². The average molecular weight is 346 g/mol. The van der Waals surface area contributed by atoms with E-state index in [0.29, 0.717) is 24.6 Å². The zero-order valence-corrected chi connectivity index (χ0v) is 14.9. The highest BCUT2D eigenvalue weighted by Crippen LogP contribution is 2.30. The number of carbonyl (C=O) groups is 2. The van der Waals surface area contributed by atoms with Crippen molar-refractivity contribution in [3.05, 3.63) is 34.9 Å². The van der Waals surface area contributed by atoms with Crippen LogP contribution in [0.15, 0.2) is 18.2 Å². The third kappa shape index (κ3) is 4.58. The van der Waals surface area contributed by atoms with Crippen molar-refractivity contribution in [1.82, 2.24) is 9.80 Å². The van der Waals surface area contributed by atoms with Crippen LogP contribution < -0.4 is 0 Å². The topological polar surface area (TPSA) is 70.1 Å². The molecule has 2 fully saturated rings. The second-order valence-electron chi connectivity index (χ2n) is 7.24. The zero-order valence-electron chi connectivity index (χ0n) is 14.9. The van der Waals surface area contributed by atoms with Gasteiger partial charge in [0.15, 0.2) is 0 Å². The van der Waals surface area contributed by atoms with E-state index in [2.05, 4.69) is 11.9 Å². The van der Waals surface area contributed by atoms with E-state index in [-0.39, 0.29) is 17.6 Å². The van der Waals surface area contributed by atoms with Crippen molar-refractivity contribution in [2.45, 2.75) is 25.9 Å². The van der Waals surface area contributed by atoms with Gasteiger partial charge in [-0.3, -0.25) is 4.79 Å². The molecular formula is C19H26N2O4. The molecule has 1 saturated carbocycles. The quantitative estimate of drug-likeness (QED) is 0.852. The highest BCUT2D eigenvalue weighted by Gasteiger charge is 2.31. The van der Waals surface area contributed by atoms with Crippen LogP contribution in [0.3, 0.4) is 0 Å². The molecule has 1 unspecified atom stereocenters. The van der Waals surface area contributed by atoms with Crippen LogP contribution in [0, 0.1) is 12.8 Å². The molecule has 3 rings (SSSR count). The molecule has 1 amide bonds. The lowest BCUT2D eigenvalue weighted by Gasteiger charge is -2.34. The summed E-state index contributed by atoms with van der Waals surface area (Å²) < 4.78 is 5.83. The van der Waals surface area contributed by atoms with Crippen molar-refractivity contribution in [3.8, 4) is 0 Å². The normalized spacial score (nSPS) is 21.1. The number of ether oxygens (including phenoxy) is 1. The minimum atomic E-state index is -1.01. The number of aromatic carboxylic acids is 1. The summed E-state index contributed by atoms with van der Waals surface area (Å²) in [7, 11) is 2.06. The number of benzene rings is 1. The van der Waals surface area contributed by atoms with Crippen LogP contribution in [0.4, 0.5) is 0 Å². The van der Waals surface area contributed by atoms with Gasteiger partial charge in [0.25, 0.3) is 5.91 Å². The Hall–Kier alpha value is -1.92. The lowest BCUT2D eigenvalue weighted by molar-refractivity contribution is -0.0331. The van der Waals surface area contributed by atoms with Crippen molar-refractivity contribution < 1.29 is 19.4 Å². The van der Waals surface area contributed by atoms with Crippen molar-refractivity contribution in [2.24, 2.45) is 5.92 Å². The lowest BCUT2D eigenvalue weighted by Crippen LogP contribution is -2.48. The Kier molecular flexibility index (Phi) is 5.39. The van der Waals surface area contributed by atoms with Gasteiger partial charge in [0.1, 0.15) is 0 Å². The second-order valence-corrected chi connectivity index (χ2v) is 7.24. The molecule has 25 heavy (non-hydrogen) atoms. The van der Waals surface area contributed by atoms with E-state index >= 15 is 0 Å². The number of hydrogen-bond acceptors (Lipinski definition) is 4. The predicted octanol–water partition coefficient (Wildman–Crippen LogP) is 1.88. The molecule has 136 valence electrons. The summed E-state index contributed by atoms with van der Waals surface area (Å²) in [6.07, 6.45) is 2.32. The molecule has 1 atom stereocenters. The number of carbonyl (C=O) groups excluding carboxylic acids is 1.